The number of ether oxygens (including phenoxy) is 2. The van der Waals surface area contributed by atoms with Crippen molar-refractivity contribution in [2.24, 2.45) is 0 Å². The van der Waals surface area contributed by atoms with Crippen LogP contribution in [0.15, 0.2) is 40.9 Å². The van der Waals surface area contributed by atoms with Gasteiger partial charge in [-0.3, -0.25) is 0 Å². The van der Waals surface area contributed by atoms with Crippen molar-refractivity contribution in [2.45, 2.75) is 46.4 Å². The summed E-state index contributed by atoms with van der Waals surface area (Å²) in [5.41, 5.74) is 3.57. The Labute approximate surface area is 153 Å². The highest BCUT2D eigenvalue weighted by Gasteiger charge is 2.13. The first kappa shape index (κ1) is 18.8. The molecular weight excluding hydrogens is 366 g/mol. The topological polar surface area (TPSA) is 30.5 Å². The standard InChI is InChI=1S/C20H26BrNO2/c1-5-15(3)22-12-16-10-18(21)20(19(11-16)23-4)24-13-17-9-7-6-8-14(17)2/h6-11,15,22H,5,12-13H2,1-4H3/t15-/m0/s1. The van der Waals surface area contributed by atoms with Crippen LogP contribution in [-0.2, 0) is 13.2 Å². The lowest BCUT2D eigenvalue weighted by Gasteiger charge is -2.16. The third-order valence-corrected chi connectivity index (χ3v) is 4.78. The number of aryl methyl sites for hydroxylation is 1. The molecule has 0 radical (unpaired) electrons. The fourth-order valence-corrected chi connectivity index (χ4v) is 2.98. The zero-order chi connectivity index (χ0) is 17.5. The van der Waals surface area contributed by atoms with Crippen LogP contribution in [0.25, 0.3) is 0 Å². The Hall–Kier alpha value is -1.52. The molecule has 130 valence electrons. The summed E-state index contributed by atoms with van der Waals surface area (Å²) >= 11 is 3.62. The lowest BCUT2D eigenvalue weighted by atomic mass is 10.1. The van der Waals surface area contributed by atoms with Crippen LogP contribution in [0.3, 0.4) is 0 Å². The van der Waals surface area contributed by atoms with E-state index in [1.807, 2.05) is 18.2 Å². The van der Waals surface area contributed by atoms with E-state index < -0.39 is 0 Å². The third-order valence-electron chi connectivity index (χ3n) is 4.19. The maximum absolute atomic E-state index is 6.04. The maximum Gasteiger partial charge on any atom is 0.175 e. The summed E-state index contributed by atoms with van der Waals surface area (Å²) in [5, 5.41) is 3.49. The van der Waals surface area contributed by atoms with Gasteiger partial charge in [0.25, 0.3) is 0 Å². The van der Waals surface area contributed by atoms with Crippen molar-refractivity contribution in [3.63, 3.8) is 0 Å². The Kier molecular flexibility index (Phi) is 7.13. The summed E-state index contributed by atoms with van der Waals surface area (Å²) in [4.78, 5) is 0. The van der Waals surface area contributed by atoms with Crippen LogP contribution >= 0.6 is 15.9 Å². The Morgan fingerprint density at radius 1 is 1.21 bits per heavy atom. The summed E-state index contributed by atoms with van der Waals surface area (Å²) in [5.74, 6) is 1.49. The van der Waals surface area contributed by atoms with Crippen LogP contribution in [0.2, 0.25) is 0 Å². The van der Waals surface area contributed by atoms with Gasteiger partial charge in [-0.05, 0) is 65.0 Å². The molecule has 0 aromatic heterocycles. The van der Waals surface area contributed by atoms with Gasteiger partial charge in [0.1, 0.15) is 6.61 Å². The van der Waals surface area contributed by atoms with Crippen LogP contribution in [0, 0.1) is 6.92 Å². The molecule has 4 heteroatoms. The van der Waals surface area contributed by atoms with E-state index in [-0.39, 0.29) is 0 Å². The summed E-state index contributed by atoms with van der Waals surface area (Å²) in [7, 11) is 1.67. The molecule has 0 saturated carbocycles. The first-order chi connectivity index (χ1) is 11.5. The van der Waals surface area contributed by atoms with Gasteiger partial charge in [0.15, 0.2) is 11.5 Å². The monoisotopic (exact) mass is 391 g/mol. The molecule has 0 unspecified atom stereocenters. The molecule has 0 aliphatic heterocycles. The van der Waals surface area contributed by atoms with Gasteiger partial charge in [0.05, 0.1) is 11.6 Å². The lowest BCUT2D eigenvalue weighted by molar-refractivity contribution is 0.281. The van der Waals surface area contributed by atoms with Crippen molar-refractivity contribution in [3.8, 4) is 11.5 Å². The molecule has 0 heterocycles. The molecule has 24 heavy (non-hydrogen) atoms. The smallest absolute Gasteiger partial charge is 0.175 e. The zero-order valence-corrected chi connectivity index (χ0v) is 16.4. The molecule has 2 aromatic carbocycles. The van der Waals surface area contributed by atoms with Crippen molar-refractivity contribution in [2.75, 3.05) is 7.11 Å². The molecule has 0 amide bonds. The van der Waals surface area contributed by atoms with Gasteiger partial charge < -0.3 is 14.8 Å². The molecular formula is C20H26BrNO2. The highest BCUT2D eigenvalue weighted by molar-refractivity contribution is 9.10. The average molecular weight is 392 g/mol. The van der Waals surface area contributed by atoms with E-state index in [1.54, 1.807) is 7.11 Å². The summed E-state index contributed by atoms with van der Waals surface area (Å²) in [6, 6.07) is 12.9. The highest BCUT2D eigenvalue weighted by Crippen LogP contribution is 2.37. The SMILES string of the molecule is CC[C@H](C)NCc1cc(Br)c(OCc2ccccc2C)c(OC)c1. The van der Waals surface area contributed by atoms with E-state index >= 15 is 0 Å². The normalized spacial score (nSPS) is 12.0. The first-order valence-electron chi connectivity index (χ1n) is 8.32. The molecule has 0 fully saturated rings. The van der Waals surface area contributed by atoms with Gasteiger partial charge in [-0.1, -0.05) is 31.2 Å². The van der Waals surface area contributed by atoms with Crippen molar-refractivity contribution in [3.05, 3.63) is 57.6 Å². The number of benzene rings is 2. The Morgan fingerprint density at radius 2 is 1.96 bits per heavy atom. The largest absolute Gasteiger partial charge is 0.493 e. The number of nitrogens with one attached hydrogen (secondary N) is 1. The molecule has 1 atom stereocenters. The Morgan fingerprint density at radius 3 is 2.62 bits per heavy atom. The van der Waals surface area contributed by atoms with Crippen molar-refractivity contribution in [1.29, 1.82) is 0 Å². The molecule has 2 rings (SSSR count). The van der Waals surface area contributed by atoms with Gasteiger partial charge >= 0.3 is 0 Å². The zero-order valence-electron chi connectivity index (χ0n) is 14.9. The average Bonchev–Trinajstić information content (AvgIpc) is 2.59. The van der Waals surface area contributed by atoms with E-state index in [4.69, 9.17) is 9.47 Å². The molecule has 1 N–H and O–H groups in total. The predicted molar refractivity (Wildman–Crippen MR) is 103 cm³/mol. The minimum atomic E-state index is 0.492. The lowest BCUT2D eigenvalue weighted by Crippen LogP contribution is -2.24. The van der Waals surface area contributed by atoms with Crippen LogP contribution in [0.5, 0.6) is 11.5 Å². The van der Waals surface area contributed by atoms with E-state index in [9.17, 15) is 0 Å². The van der Waals surface area contributed by atoms with Crippen molar-refractivity contribution in [1.82, 2.24) is 5.32 Å². The molecule has 0 spiro atoms. The molecule has 0 saturated heterocycles. The first-order valence-corrected chi connectivity index (χ1v) is 9.11. The van der Waals surface area contributed by atoms with Gasteiger partial charge in [-0.15, -0.1) is 0 Å². The minimum absolute atomic E-state index is 0.492. The molecule has 0 aliphatic carbocycles. The number of halogens is 1. The second-order valence-electron chi connectivity index (χ2n) is 6.01. The van der Waals surface area contributed by atoms with Crippen LogP contribution in [0.1, 0.15) is 37.0 Å². The van der Waals surface area contributed by atoms with Gasteiger partial charge in [-0.25, -0.2) is 0 Å². The van der Waals surface area contributed by atoms with E-state index in [0.29, 0.717) is 12.6 Å². The summed E-state index contributed by atoms with van der Waals surface area (Å²) in [6.45, 7) is 7.78. The van der Waals surface area contributed by atoms with Crippen LogP contribution in [-0.4, -0.2) is 13.2 Å². The molecule has 0 aliphatic rings. The second-order valence-corrected chi connectivity index (χ2v) is 6.87. The van der Waals surface area contributed by atoms with Gasteiger partial charge in [0, 0.05) is 12.6 Å². The Balaban J connectivity index is 2.13. The van der Waals surface area contributed by atoms with Gasteiger partial charge in [0.2, 0.25) is 0 Å². The van der Waals surface area contributed by atoms with Crippen molar-refractivity contribution < 1.29 is 9.47 Å². The minimum Gasteiger partial charge on any atom is -0.493 e. The van der Waals surface area contributed by atoms with Gasteiger partial charge in [-0.2, -0.15) is 0 Å². The Bertz CT molecular complexity index is 673. The second kappa shape index (κ2) is 9.09. The van der Waals surface area contributed by atoms with Crippen LogP contribution < -0.4 is 14.8 Å². The van der Waals surface area contributed by atoms with Crippen molar-refractivity contribution >= 4 is 15.9 Å². The van der Waals surface area contributed by atoms with E-state index in [0.717, 1.165) is 28.9 Å². The fourth-order valence-electron chi connectivity index (χ4n) is 2.37. The van der Waals surface area contributed by atoms with E-state index in [1.165, 1.54) is 16.7 Å². The number of rotatable bonds is 8. The molecule has 3 nitrogen and oxygen atoms in total. The summed E-state index contributed by atoms with van der Waals surface area (Å²) < 4.78 is 12.5. The molecule has 2 aromatic rings. The van der Waals surface area contributed by atoms with E-state index in [2.05, 4.69) is 60.2 Å². The highest BCUT2D eigenvalue weighted by atomic mass is 79.9. The maximum atomic E-state index is 6.04. The quantitative estimate of drug-likeness (QED) is 0.667. The molecule has 0 bridgehead atoms. The fraction of sp³-hybridized carbons (Fsp3) is 0.400. The number of methoxy groups -OCH3 is 1. The predicted octanol–water partition coefficient (Wildman–Crippen LogP) is 5.23. The van der Waals surface area contributed by atoms with Crippen LogP contribution in [0.4, 0.5) is 0 Å². The number of hydrogen-bond donors (Lipinski definition) is 1. The number of hydrogen-bond acceptors (Lipinski definition) is 3. The third kappa shape index (κ3) is 4.99. The summed E-state index contributed by atoms with van der Waals surface area (Å²) in [6.07, 6.45) is 1.11.